The van der Waals surface area contributed by atoms with E-state index in [9.17, 15) is 14.7 Å². The van der Waals surface area contributed by atoms with Crippen LogP contribution in [0, 0.1) is 0 Å². The number of carbonyl (C=O) groups excluding carboxylic acids is 2. The van der Waals surface area contributed by atoms with E-state index in [2.05, 4.69) is 27.0 Å². The summed E-state index contributed by atoms with van der Waals surface area (Å²) in [6.07, 6.45) is -0.952. The number of carbonyl (C=O) groups is 2. The van der Waals surface area contributed by atoms with Crippen molar-refractivity contribution in [1.82, 2.24) is 0 Å². The van der Waals surface area contributed by atoms with Crippen molar-refractivity contribution < 1.29 is 33.6 Å². The molecule has 0 aliphatic heterocycles. The molecule has 1 unspecified atom stereocenters. The standard InChI is InChI=1S/C28H34O7/c1-19(2)26(30)33-15-14-32-24-12-10-21(11-13-24)28(5,6)22-8-7-9-25(16-22)34-17-23(29)18-35-27(31)20(3)4/h7-13,16,23,29H,1,3,14-15,17-18H2,2,4-6H3. The third-order valence-electron chi connectivity index (χ3n) is 5.26. The molecule has 2 aromatic carbocycles. The van der Waals surface area contributed by atoms with E-state index in [1.165, 1.54) is 0 Å². The van der Waals surface area contributed by atoms with Crippen molar-refractivity contribution in [2.24, 2.45) is 0 Å². The van der Waals surface area contributed by atoms with Gasteiger partial charge in [-0.2, -0.15) is 0 Å². The summed E-state index contributed by atoms with van der Waals surface area (Å²) in [5.74, 6) is 0.299. The molecule has 0 amide bonds. The SMILES string of the molecule is C=C(C)C(=O)OCCOc1ccc(C(C)(C)c2cccc(OCC(O)COC(=O)C(=C)C)c2)cc1. The molecule has 0 heterocycles. The lowest BCUT2D eigenvalue weighted by Crippen LogP contribution is -2.25. The summed E-state index contributed by atoms with van der Waals surface area (Å²) < 4.78 is 21.3. The highest BCUT2D eigenvalue weighted by molar-refractivity contribution is 5.87. The van der Waals surface area contributed by atoms with E-state index >= 15 is 0 Å². The molecule has 0 fully saturated rings. The number of esters is 2. The second kappa shape index (κ2) is 12.8. The van der Waals surface area contributed by atoms with Crippen molar-refractivity contribution in [1.29, 1.82) is 0 Å². The zero-order valence-corrected chi connectivity index (χ0v) is 20.8. The molecule has 7 heteroatoms. The first kappa shape index (κ1) is 27.7. The molecule has 0 saturated carbocycles. The number of benzene rings is 2. The lowest BCUT2D eigenvalue weighted by atomic mass is 9.78. The van der Waals surface area contributed by atoms with Gasteiger partial charge in [0.2, 0.25) is 0 Å². The average Bonchev–Trinajstić information content (AvgIpc) is 2.84. The second-order valence-electron chi connectivity index (χ2n) is 8.79. The molecule has 0 saturated heterocycles. The lowest BCUT2D eigenvalue weighted by Gasteiger charge is -2.27. The summed E-state index contributed by atoms with van der Waals surface area (Å²) >= 11 is 0. The van der Waals surface area contributed by atoms with E-state index in [-0.39, 0.29) is 37.4 Å². The number of rotatable bonds is 13. The van der Waals surface area contributed by atoms with E-state index < -0.39 is 18.0 Å². The van der Waals surface area contributed by atoms with Crippen LogP contribution in [-0.4, -0.2) is 49.6 Å². The Balaban J connectivity index is 1.94. The minimum atomic E-state index is -0.952. The predicted octanol–water partition coefficient (Wildman–Crippen LogP) is 4.37. The molecule has 0 aromatic heterocycles. The van der Waals surface area contributed by atoms with Gasteiger partial charge in [-0.1, -0.05) is 51.3 Å². The van der Waals surface area contributed by atoms with E-state index in [4.69, 9.17) is 18.9 Å². The van der Waals surface area contributed by atoms with Crippen LogP contribution >= 0.6 is 0 Å². The van der Waals surface area contributed by atoms with Gasteiger partial charge < -0.3 is 24.1 Å². The fourth-order valence-electron chi connectivity index (χ4n) is 3.06. The highest BCUT2D eigenvalue weighted by Crippen LogP contribution is 2.34. The number of hydrogen-bond donors (Lipinski definition) is 1. The molecule has 1 atom stereocenters. The van der Waals surface area contributed by atoms with E-state index in [0.29, 0.717) is 17.1 Å². The van der Waals surface area contributed by atoms with Crippen molar-refractivity contribution in [3.63, 3.8) is 0 Å². The molecule has 0 spiro atoms. The van der Waals surface area contributed by atoms with Crippen LogP contribution < -0.4 is 9.47 Å². The van der Waals surface area contributed by atoms with Gasteiger partial charge in [-0.25, -0.2) is 9.59 Å². The Kier molecular flexibility index (Phi) is 10.1. The van der Waals surface area contributed by atoms with Gasteiger partial charge in [0, 0.05) is 16.6 Å². The number of aliphatic hydroxyl groups excluding tert-OH is 1. The maximum atomic E-state index is 11.4. The molecular weight excluding hydrogens is 448 g/mol. The smallest absolute Gasteiger partial charge is 0.333 e. The first-order valence-corrected chi connectivity index (χ1v) is 11.3. The van der Waals surface area contributed by atoms with Gasteiger partial charge >= 0.3 is 11.9 Å². The van der Waals surface area contributed by atoms with E-state index in [0.717, 1.165) is 11.1 Å². The van der Waals surface area contributed by atoms with Gasteiger partial charge in [0.25, 0.3) is 0 Å². The quantitative estimate of drug-likeness (QED) is 0.258. The molecule has 0 radical (unpaired) electrons. The van der Waals surface area contributed by atoms with Gasteiger partial charge in [-0.15, -0.1) is 0 Å². The molecule has 35 heavy (non-hydrogen) atoms. The first-order valence-electron chi connectivity index (χ1n) is 11.3. The Labute approximate surface area is 207 Å². The minimum absolute atomic E-state index is 0.0128. The van der Waals surface area contributed by atoms with Crippen LogP contribution in [-0.2, 0) is 24.5 Å². The Morgan fingerprint density at radius 2 is 1.46 bits per heavy atom. The van der Waals surface area contributed by atoms with Gasteiger partial charge in [-0.3, -0.25) is 0 Å². The number of aliphatic hydroxyl groups is 1. The third-order valence-corrected chi connectivity index (χ3v) is 5.26. The highest BCUT2D eigenvalue weighted by atomic mass is 16.6. The van der Waals surface area contributed by atoms with Crippen molar-refractivity contribution in [2.75, 3.05) is 26.4 Å². The van der Waals surface area contributed by atoms with Crippen LogP contribution in [0.3, 0.4) is 0 Å². The molecule has 188 valence electrons. The van der Waals surface area contributed by atoms with Crippen LogP contribution in [0.25, 0.3) is 0 Å². The molecule has 2 rings (SSSR count). The summed E-state index contributed by atoms with van der Waals surface area (Å²) in [4.78, 5) is 22.8. The normalized spacial score (nSPS) is 11.8. The summed E-state index contributed by atoms with van der Waals surface area (Å²) in [7, 11) is 0. The number of hydrogen-bond acceptors (Lipinski definition) is 7. The van der Waals surface area contributed by atoms with Crippen LogP contribution in [0.2, 0.25) is 0 Å². The maximum Gasteiger partial charge on any atom is 0.333 e. The molecule has 7 nitrogen and oxygen atoms in total. The van der Waals surface area contributed by atoms with Crippen LogP contribution in [0.5, 0.6) is 11.5 Å². The van der Waals surface area contributed by atoms with E-state index in [1.54, 1.807) is 13.8 Å². The van der Waals surface area contributed by atoms with E-state index in [1.807, 2.05) is 48.5 Å². The fraction of sp³-hybridized carbons (Fsp3) is 0.357. The maximum absolute atomic E-state index is 11.4. The lowest BCUT2D eigenvalue weighted by molar-refractivity contribution is -0.142. The third kappa shape index (κ3) is 8.61. The summed E-state index contributed by atoms with van der Waals surface area (Å²) in [5.41, 5.74) is 2.40. The largest absolute Gasteiger partial charge is 0.491 e. The average molecular weight is 483 g/mol. The Bertz CT molecular complexity index is 1040. The molecular formula is C28H34O7. The summed E-state index contributed by atoms with van der Waals surface area (Å²) in [5, 5.41) is 10.0. The first-order chi connectivity index (χ1) is 16.5. The highest BCUT2D eigenvalue weighted by Gasteiger charge is 2.24. The molecule has 0 aliphatic carbocycles. The van der Waals surface area contributed by atoms with Crippen LogP contribution in [0.4, 0.5) is 0 Å². The molecule has 2 aromatic rings. The Hall–Kier alpha value is -3.58. The van der Waals surface area contributed by atoms with Gasteiger partial charge in [0.05, 0.1) is 0 Å². The van der Waals surface area contributed by atoms with Gasteiger partial charge in [0.1, 0.15) is 44.0 Å². The van der Waals surface area contributed by atoms with Crippen LogP contribution in [0.1, 0.15) is 38.8 Å². The Morgan fingerprint density at radius 3 is 2.09 bits per heavy atom. The van der Waals surface area contributed by atoms with Gasteiger partial charge in [0.15, 0.2) is 0 Å². The zero-order valence-electron chi connectivity index (χ0n) is 20.8. The fourth-order valence-corrected chi connectivity index (χ4v) is 3.06. The van der Waals surface area contributed by atoms with Crippen LogP contribution in [0.15, 0.2) is 72.8 Å². The zero-order chi connectivity index (χ0) is 26.0. The molecule has 1 N–H and O–H groups in total. The monoisotopic (exact) mass is 482 g/mol. The van der Waals surface area contributed by atoms with Crippen molar-refractivity contribution in [3.05, 3.63) is 84.0 Å². The Morgan fingerprint density at radius 1 is 0.829 bits per heavy atom. The summed E-state index contributed by atoms with van der Waals surface area (Å²) in [6.45, 7) is 14.6. The minimum Gasteiger partial charge on any atom is -0.491 e. The van der Waals surface area contributed by atoms with Crippen molar-refractivity contribution in [3.8, 4) is 11.5 Å². The molecule has 0 aliphatic rings. The van der Waals surface area contributed by atoms with Crippen molar-refractivity contribution >= 4 is 11.9 Å². The predicted molar refractivity (Wildman–Crippen MR) is 134 cm³/mol. The topological polar surface area (TPSA) is 91.3 Å². The molecule has 0 bridgehead atoms. The second-order valence-corrected chi connectivity index (χ2v) is 8.79. The number of ether oxygens (including phenoxy) is 4. The van der Waals surface area contributed by atoms with Gasteiger partial charge in [-0.05, 0) is 49.2 Å². The van der Waals surface area contributed by atoms with Crippen molar-refractivity contribution in [2.45, 2.75) is 39.2 Å². The summed E-state index contributed by atoms with van der Waals surface area (Å²) in [6, 6.07) is 15.4.